The third-order valence-corrected chi connectivity index (χ3v) is 3.79. The molecule has 4 heteroatoms. The van der Waals surface area contributed by atoms with Crippen LogP contribution >= 0.6 is 12.4 Å². The first-order chi connectivity index (χ1) is 9.40. The summed E-state index contributed by atoms with van der Waals surface area (Å²) in [7, 11) is 0. The lowest BCUT2D eigenvalue weighted by atomic mass is 9.98. The Bertz CT molecular complexity index is 367. The van der Waals surface area contributed by atoms with Crippen LogP contribution in [-0.2, 0) is 17.9 Å². The summed E-state index contributed by atoms with van der Waals surface area (Å²) in [5, 5.41) is 7.02. The van der Waals surface area contributed by atoms with Crippen molar-refractivity contribution >= 4 is 12.4 Å². The van der Waals surface area contributed by atoms with Gasteiger partial charge < -0.3 is 15.4 Å². The van der Waals surface area contributed by atoms with E-state index in [4.69, 9.17) is 4.74 Å². The molecule has 0 aliphatic carbocycles. The topological polar surface area (TPSA) is 33.3 Å². The summed E-state index contributed by atoms with van der Waals surface area (Å²) in [4.78, 5) is 0. The number of halogens is 1. The largest absolute Gasteiger partial charge is 0.377 e. The van der Waals surface area contributed by atoms with E-state index in [1.54, 1.807) is 0 Å². The highest BCUT2D eigenvalue weighted by Gasteiger charge is 2.12. The molecular formula is C16H27ClN2O. The van der Waals surface area contributed by atoms with Crippen LogP contribution in [0, 0.1) is 5.92 Å². The lowest BCUT2D eigenvalue weighted by Crippen LogP contribution is -2.33. The van der Waals surface area contributed by atoms with E-state index in [1.807, 2.05) is 6.92 Å². The van der Waals surface area contributed by atoms with Crippen molar-refractivity contribution in [1.82, 2.24) is 10.6 Å². The molecule has 20 heavy (non-hydrogen) atoms. The maximum atomic E-state index is 5.52. The lowest BCUT2D eigenvalue weighted by Gasteiger charge is -2.23. The summed E-state index contributed by atoms with van der Waals surface area (Å²) < 4.78 is 5.52. The van der Waals surface area contributed by atoms with Crippen molar-refractivity contribution < 1.29 is 4.74 Å². The highest BCUT2D eigenvalue weighted by molar-refractivity contribution is 5.85. The van der Waals surface area contributed by atoms with Crippen LogP contribution in [0.25, 0.3) is 0 Å². The monoisotopic (exact) mass is 298 g/mol. The van der Waals surface area contributed by atoms with Gasteiger partial charge in [-0.1, -0.05) is 24.3 Å². The number of hydrogen-bond donors (Lipinski definition) is 2. The van der Waals surface area contributed by atoms with Crippen LogP contribution in [0.1, 0.15) is 30.9 Å². The van der Waals surface area contributed by atoms with Gasteiger partial charge in [-0.2, -0.15) is 0 Å². The second-order valence-electron chi connectivity index (χ2n) is 5.23. The summed E-state index contributed by atoms with van der Waals surface area (Å²) in [6.07, 6.45) is 2.60. The Labute approximate surface area is 128 Å². The molecule has 1 aromatic rings. The normalized spacial score (nSPS) is 15.8. The molecule has 3 nitrogen and oxygen atoms in total. The van der Waals surface area contributed by atoms with Gasteiger partial charge in [-0.3, -0.25) is 0 Å². The second kappa shape index (κ2) is 10.2. The third-order valence-electron chi connectivity index (χ3n) is 3.79. The summed E-state index contributed by atoms with van der Waals surface area (Å²) >= 11 is 0. The van der Waals surface area contributed by atoms with Crippen molar-refractivity contribution in [2.75, 3.05) is 26.2 Å². The molecular weight excluding hydrogens is 272 g/mol. The minimum Gasteiger partial charge on any atom is -0.377 e. The average Bonchev–Trinajstić information content (AvgIpc) is 2.47. The van der Waals surface area contributed by atoms with Gasteiger partial charge in [0.15, 0.2) is 0 Å². The maximum Gasteiger partial charge on any atom is 0.0719 e. The standard InChI is InChI=1S/C16H26N2O.ClH/c1-2-19-13-16-6-4-3-5-15(16)12-18-11-14-7-9-17-10-8-14;/h3-6,14,17-18H,2,7-13H2,1H3;1H. The van der Waals surface area contributed by atoms with Crippen LogP contribution in [-0.4, -0.2) is 26.2 Å². The third kappa shape index (κ3) is 5.80. The molecule has 1 heterocycles. The second-order valence-corrected chi connectivity index (χ2v) is 5.23. The van der Waals surface area contributed by atoms with Crippen molar-refractivity contribution in [3.05, 3.63) is 35.4 Å². The Morgan fingerprint density at radius 1 is 1.20 bits per heavy atom. The minimum absolute atomic E-state index is 0. The Balaban J connectivity index is 0.00000200. The Morgan fingerprint density at radius 2 is 1.90 bits per heavy atom. The first-order valence-corrected chi connectivity index (χ1v) is 7.46. The van der Waals surface area contributed by atoms with Crippen LogP contribution in [0.3, 0.4) is 0 Å². The summed E-state index contributed by atoms with van der Waals surface area (Å²) in [5.74, 6) is 0.834. The van der Waals surface area contributed by atoms with Crippen LogP contribution in [0.5, 0.6) is 0 Å². The van der Waals surface area contributed by atoms with Gasteiger partial charge in [-0.15, -0.1) is 12.4 Å². The summed E-state index contributed by atoms with van der Waals surface area (Å²) in [6, 6.07) is 8.56. The number of piperidine rings is 1. The number of benzene rings is 1. The van der Waals surface area contributed by atoms with E-state index in [1.165, 1.54) is 37.1 Å². The molecule has 1 aliphatic rings. The van der Waals surface area contributed by atoms with E-state index in [9.17, 15) is 0 Å². The molecule has 114 valence electrons. The van der Waals surface area contributed by atoms with Crippen molar-refractivity contribution in [2.24, 2.45) is 5.92 Å². The first-order valence-electron chi connectivity index (χ1n) is 7.46. The van der Waals surface area contributed by atoms with E-state index in [0.717, 1.165) is 32.2 Å². The molecule has 0 aromatic heterocycles. The fraction of sp³-hybridized carbons (Fsp3) is 0.625. The van der Waals surface area contributed by atoms with E-state index in [0.29, 0.717) is 0 Å². The Kier molecular flexibility index (Phi) is 8.86. The van der Waals surface area contributed by atoms with Gasteiger partial charge in [-0.05, 0) is 56.4 Å². The zero-order valence-electron chi connectivity index (χ0n) is 12.4. The van der Waals surface area contributed by atoms with Gasteiger partial charge >= 0.3 is 0 Å². The maximum absolute atomic E-state index is 5.52. The molecule has 0 saturated carbocycles. The van der Waals surface area contributed by atoms with Gasteiger partial charge in [0.05, 0.1) is 6.61 Å². The number of hydrogen-bond acceptors (Lipinski definition) is 3. The van der Waals surface area contributed by atoms with Gasteiger partial charge in [0.25, 0.3) is 0 Å². The van der Waals surface area contributed by atoms with Gasteiger partial charge in [0.2, 0.25) is 0 Å². The zero-order valence-corrected chi connectivity index (χ0v) is 13.2. The molecule has 1 saturated heterocycles. The van der Waals surface area contributed by atoms with E-state index in [2.05, 4.69) is 34.9 Å². The molecule has 1 fully saturated rings. The zero-order chi connectivity index (χ0) is 13.3. The predicted molar refractivity (Wildman–Crippen MR) is 86.3 cm³/mol. The van der Waals surface area contributed by atoms with E-state index >= 15 is 0 Å². The average molecular weight is 299 g/mol. The number of nitrogens with one attached hydrogen (secondary N) is 2. The van der Waals surface area contributed by atoms with Crippen LogP contribution < -0.4 is 10.6 Å². The lowest BCUT2D eigenvalue weighted by molar-refractivity contribution is 0.133. The number of ether oxygens (including phenoxy) is 1. The van der Waals surface area contributed by atoms with Gasteiger partial charge in [0, 0.05) is 13.2 Å². The highest BCUT2D eigenvalue weighted by atomic mass is 35.5. The molecule has 0 bridgehead atoms. The van der Waals surface area contributed by atoms with Crippen molar-refractivity contribution in [2.45, 2.75) is 32.9 Å². The van der Waals surface area contributed by atoms with Crippen molar-refractivity contribution in [3.63, 3.8) is 0 Å². The summed E-state index contributed by atoms with van der Waals surface area (Å²) in [5.41, 5.74) is 2.67. The van der Waals surface area contributed by atoms with Crippen molar-refractivity contribution in [1.29, 1.82) is 0 Å². The summed E-state index contributed by atoms with van der Waals surface area (Å²) in [6.45, 7) is 7.97. The van der Waals surface area contributed by atoms with Crippen molar-refractivity contribution in [3.8, 4) is 0 Å². The van der Waals surface area contributed by atoms with Crippen LogP contribution in [0.15, 0.2) is 24.3 Å². The first kappa shape index (κ1) is 17.4. The number of rotatable bonds is 7. The fourth-order valence-electron chi connectivity index (χ4n) is 2.58. The molecule has 0 spiro atoms. The molecule has 0 atom stereocenters. The van der Waals surface area contributed by atoms with Gasteiger partial charge in [0.1, 0.15) is 0 Å². The van der Waals surface area contributed by atoms with Crippen LogP contribution in [0.2, 0.25) is 0 Å². The van der Waals surface area contributed by atoms with Crippen LogP contribution in [0.4, 0.5) is 0 Å². The molecule has 0 unspecified atom stereocenters. The molecule has 2 rings (SSSR count). The Hall–Kier alpha value is -0.610. The highest BCUT2D eigenvalue weighted by Crippen LogP contribution is 2.12. The molecule has 1 aliphatic heterocycles. The SMILES string of the molecule is CCOCc1ccccc1CNCC1CCNCC1.Cl. The predicted octanol–water partition coefficient (Wildman–Crippen LogP) is 2.73. The van der Waals surface area contributed by atoms with E-state index in [-0.39, 0.29) is 12.4 Å². The Morgan fingerprint density at radius 3 is 2.60 bits per heavy atom. The van der Waals surface area contributed by atoms with E-state index < -0.39 is 0 Å². The molecule has 0 radical (unpaired) electrons. The smallest absolute Gasteiger partial charge is 0.0719 e. The molecule has 2 N–H and O–H groups in total. The molecule has 0 amide bonds. The minimum atomic E-state index is 0. The molecule has 1 aromatic carbocycles. The van der Waals surface area contributed by atoms with Gasteiger partial charge in [-0.25, -0.2) is 0 Å². The quantitative estimate of drug-likeness (QED) is 0.812. The fourth-order valence-corrected chi connectivity index (χ4v) is 2.58.